The zero-order chi connectivity index (χ0) is 17.9. The zero-order valence-electron chi connectivity index (χ0n) is 15.6. The minimum atomic E-state index is -0.918. The molecule has 0 spiro atoms. The smallest absolute Gasteiger partial charge is 0.398 e. The maximum atomic E-state index is 14.7. The molecule has 1 saturated heterocycles. The highest BCUT2D eigenvalue weighted by atomic mass is 19.1. The lowest BCUT2D eigenvalue weighted by Gasteiger charge is -2.32. The Morgan fingerprint density at radius 3 is 2.12 bits per heavy atom. The van der Waals surface area contributed by atoms with Crippen LogP contribution in [-0.4, -0.2) is 28.5 Å². The van der Waals surface area contributed by atoms with Crippen LogP contribution in [0.15, 0.2) is 15.8 Å². The first-order chi connectivity index (χ1) is 10.9. The van der Waals surface area contributed by atoms with E-state index < -0.39 is 18.3 Å². The van der Waals surface area contributed by atoms with Crippen LogP contribution in [0.4, 0.5) is 4.39 Å². The van der Waals surface area contributed by atoms with Crippen LogP contribution in [0.2, 0.25) is 0 Å². The third-order valence-corrected chi connectivity index (χ3v) is 5.25. The predicted molar refractivity (Wildman–Crippen MR) is 89.2 cm³/mol. The second-order valence-electron chi connectivity index (χ2n) is 8.85. The van der Waals surface area contributed by atoms with Gasteiger partial charge < -0.3 is 13.8 Å². The molecule has 1 saturated carbocycles. The van der Waals surface area contributed by atoms with Gasteiger partial charge in [-0.25, -0.2) is 4.39 Å². The Kier molecular flexibility index (Phi) is 3.96. The quantitative estimate of drug-likeness (QED) is 0.761. The molecule has 0 N–H and O–H groups in total. The van der Waals surface area contributed by atoms with E-state index in [2.05, 4.69) is 10.1 Å². The van der Waals surface area contributed by atoms with E-state index in [-0.39, 0.29) is 17.1 Å². The van der Waals surface area contributed by atoms with E-state index in [1.54, 1.807) is 0 Å². The van der Waals surface area contributed by atoms with Crippen molar-refractivity contribution < 1.29 is 18.2 Å². The van der Waals surface area contributed by atoms with Crippen LogP contribution in [-0.2, 0) is 14.7 Å². The summed E-state index contributed by atoms with van der Waals surface area (Å²) in [7, 11) is -0.918. The lowest BCUT2D eigenvalue weighted by atomic mass is 9.72. The molecule has 3 rings (SSSR count). The number of aromatic nitrogens is 2. The number of halogens is 1. The maximum Gasteiger partial charge on any atom is 0.525 e. The number of allylic oxidation sites excluding steroid dienone is 1. The van der Waals surface area contributed by atoms with Gasteiger partial charge in [0.2, 0.25) is 5.89 Å². The highest BCUT2D eigenvalue weighted by molar-refractivity contribution is 6.53. The Bertz CT molecular complexity index is 652. The molecule has 5 nitrogen and oxygen atoms in total. The molecule has 2 fully saturated rings. The third-order valence-electron chi connectivity index (χ3n) is 5.25. The highest BCUT2D eigenvalue weighted by Gasteiger charge is 2.54. The maximum absolute atomic E-state index is 14.7. The van der Waals surface area contributed by atoms with Crippen LogP contribution >= 0.6 is 0 Å². The monoisotopic (exact) mass is 336 g/mol. The summed E-state index contributed by atoms with van der Waals surface area (Å²) in [6, 6.07) is 0. The van der Waals surface area contributed by atoms with E-state index in [1.165, 1.54) is 0 Å². The Morgan fingerprint density at radius 2 is 1.67 bits per heavy atom. The van der Waals surface area contributed by atoms with Gasteiger partial charge in [0.25, 0.3) is 0 Å². The van der Waals surface area contributed by atoms with E-state index >= 15 is 0 Å². The first kappa shape index (κ1) is 17.6. The Morgan fingerprint density at radius 1 is 1.12 bits per heavy atom. The fourth-order valence-corrected chi connectivity index (χ4v) is 2.72. The average molecular weight is 336 g/mol. The van der Waals surface area contributed by atoms with E-state index in [0.717, 1.165) is 0 Å². The van der Waals surface area contributed by atoms with Crippen LogP contribution in [0.1, 0.15) is 78.9 Å². The topological polar surface area (TPSA) is 57.4 Å². The normalized spacial score (nSPS) is 25.8. The molecule has 0 amide bonds. The van der Waals surface area contributed by atoms with Crippen molar-refractivity contribution in [2.45, 2.75) is 83.8 Å². The number of hydrogen-bond donors (Lipinski definition) is 0. The molecule has 1 aliphatic carbocycles. The second kappa shape index (κ2) is 5.40. The van der Waals surface area contributed by atoms with Crippen molar-refractivity contribution >= 4 is 7.12 Å². The Balaban J connectivity index is 1.68. The van der Waals surface area contributed by atoms with Crippen LogP contribution in [0.25, 0.3) is 0 Å². The predicted octanol–water partition coefficient (Wildman–Crippen LogP) is 4.10. The summed E-state index contributed by atoms with van der Waals surface area (Å²) in [5.74, 6) is 1.35. The molecule has 0 atom stereocenters. The Labute approximate surface area is 143 Å². The van der Waals surface area contributed by atoms with Gasteiger partial charge in [-0.05, 0) is 46.1 Å². The van der Waals surface area contributed by atoms with Crippen molar-refractivity contribution in [3.8, 4) is 0 Å². The Hall–Kier alpha value is -1.21. The van der Waals surface area contributed by atoms with Crippen LogP contribution in [0.5, 0.6) is 0 Å². The van der Waals surface area contributed by atoms with Gasteiger partial charge in [0.15, 0.2) is 5.82 Å². The summed E-state index contributed by atoms with van der Waals surface area (Å²) in [5.41, 5.74) is -0.813. The molecule has 0 bridgehead atoms. The molecule has 7 heteroatoms. The fourth-order valence-electron chi connectivity index (χ4n) is 2.72. The minimum Gasteiger partial charge on any atom is -0.398 e. The molecule has 2 heterocycles. The van der Waals surface area contributed by atoms with Gasteiger partial charge in [-0.3, -0.25) is 0 Å². The molecule has 132 valence electrons. The van der Waals surface area contributed by atoms with E-state index in [9.17, 15) is 4.39 Å². The highest BCUT2D eigenvalue weighted by Crippen LogP contribution is 2.46. The molecule has 0 aromatic carbocycles. The van der Waals surface area contributed by atoms with Gasteiger partial charge in [-0.1, -0.05) is 25.9 Å². The standard InChI is InChI=1S/C17H26BFN2O3/c1-15(2,3)14-20-13(22-21-14)11-8-10(9-11)12(19)18-23-16(4,5)17(6,7)24-18/h11H,8-9H2,1-7H3. The molecule has 0 radical (unpaired) electrons. The summed E-state index contributed by atoms with van der Waals surface area (Å²) in [4.78, 5) is 4.46. The first-order valence-electron chi connectivity index (χ1n) is 8.48. The third kappa shape index (κ3) is 2.92. The lowest BCUT2D eigenvalue weighted by Crippen LogP contribution is -2.41. The van der Waals surface area contributed by atoms with E-state index in [4.69, 9.17) is 13.8 Å². The molecule has 2 aliphatic rings. The minimum absolute atomic E-state index is 0.0803. The van der Waals surface area contributed by atoms with Crippen LogP contribution in [0.3, 0.4) is 0 Å². The van der Waals surface area contributed by atoms with Gasteiger partial charge >= 0.3 is 7.12 Å². The molecule has 1 aromatic heterocycles. The largest absolute Gasteiger partial charge is 0.525 e. The fraction of sp³-hybridized carbons (Fsp3) is 0.765. The summed E-state index contributed by atoms with van der Waals surface area (Å²) in [5, 5.41) is 4.03. The van der Waals surface area contributed by atoms with Gasteiger partial charge in [0.05, 0.1) is 11.2 Å². The molecule has 1 aromatic rings. The summed E-state index contributed by atoms with van der Waals surface area (Å²) in [6.45, 7) is 13.8. The van der Waals surface area contributed by atoms with Crippen molar-refractivity contribution in [1.82, 2.24) is 10.1 Å². The lowest BCUT2D eigenvalue weighted by molar-refractivity contribution is 0.00578. The first-order valence-corrected chi connectivity index (χ1v) is 8.48. The van der Waals surface area contributed by atoms with Crippen molar-refractivity contribution in [2.24, 2.45) is 0 Å². The summed E-state index contributed by atoms with van der Waals surface area (Å²) >= 11 is 0. The van der Waals surface area contributed by atoms with Gasteiger partial charge in [-0.15, -0.1) is 0 Å². The van der Waals surface area contributed by atoms with Gasteiger partial charge in [-0.2, -0.15) is 4.98 Å². The summed E-state index contributed by atoms with van der Waals surface area (Å²) in [6.07, 6.45) is 1.14. The van der Waals surface area contributed by atoms with E-state index in [0.29, 0.717) is 30.1 Å². The van der Waals surface area contributed by atoms with Crippen molar-refractivity contribution in [3.63, 3.8) is 0 Å². The zero-order valence-corrected chi connectivity index (χ0v) is 15.6. The van der Waals surface area contributed by atoms with Crippen LogP contribution in [0, 0.1) is 0 Å². The molecule has 24 heavy (non-hydrogen) atoms. The number of rotatable bonds is 2. The van der Waals surface area contributed by atoms with Gasteiger partial charge in [0.1, 0.15) is 5.73 Å². The van der Waals surface area contributed by atoms with Crippen molar-refractivity contribution in [3.05, 3.63) is 23.0 Å². The number of nitrogens with zero attached hydrogens (tertiary/aromatic N) is 2. The SMILES string of the molecule is CC(C)(C)c1noc(C2CC(=C(F)B3OC(C)(C)C(C)(C)O3)C2)n1. The van der Waals surface area contributed by atoms with Crippen molar-refractivity contribution in [2.75, 3.05) is 0 Å². The molecule has 1 aliphatic heterocycles. The number of hydrogen-bond acceptors (Lipinski definition) is 5. The average Bonchev–Trinajstić information content (AvgIpc) is 2.91. The van der Waals surface area contributed by atoms with Crippen LogP contribution < -0.4 is 0 Å². The van der Waals surface area contributed by atoms with E-state index in [1.807, 2.05) is 48.5 Å². The van der Waals surface area contributed by atoms with Gasteiger partial charge in [0, 0.05) is 11.3 Å². The molecule has 0 unspecified atom stereocenters. The second-order valence-corrected chi connectivity index (χ2v) is 8.85. The van der Waals surface area contributed by atoms with Crippen molar-refractivity contribution in [1.29, 1.82) is 0 Å². The molecular formula is C17H26BFN2O3. The molecular weight excluding hydrogens is 310 g/mol. The summed E-state index contributed by atoms with van der Waals surface area (Å²) < 4.78 is 31.6.